The average Bonchev–Trinajstić information content (AvgIpc) is 3.42. The van der Waals surface area contributed by atoms with Gasteiger partial charge in [-0.1, -0.05) is 25.4 Å². The number of carbonyl (C=O) groups excluding carboxylic acids is 4. The Labute approximate surface area is 200 Å². The molecule has 172 valence electrons. The Morgan fingerprint density at radius 2 is 1.78 bits per heavy atom. The summed E-state index contributed by atoms with van der Waals surface area (Å²) >= 11 is 9.51. The molecule has 0 radical (unpaired) electrons. The largest absolute Gasteiger partial charge is 0.454 e. The van der Waals surface area contributed by atoms with E-state index in [1.807, 2.05) is 0 Å². The second-order valence-electron chi connectivity index (χ2n) is 9.31. The highest BCUT2D eigenvalue weighted by molar-refractivity contribution is 9.10. The standard InChI is InChI=1S/C23H26BrClN2O5/c1-10(2)20(27-21(29)17-12-4-5-13(8-12)18(17)22(27)30)23(31)32-9-16(28)26-15-7-6-14(24)19(25)11(15)3/h6-7,10,12-13,17-18,20H,4-5,8-9H2,1-3H3,(H,26,28)/t12-,13-,17-,18-,20-/m0/s1. The van der Waals surface area contributed by atoms with Crippen LogP contribution in [-0.2, 0) is 23.9 Å². The van der Waals surface area contributed by atoms with E-state index in [2.05, 4.69) is 21.2 Å². The maximum Gasteiger partial charge on any atom is 0.330 e. The summed E-state index contributed by atoms with van der Waals surface area (Å²) in [5.41, 5.74) is 1.18. The fraction of sp³-hybridized carbons (Fsp3) is 0.565. The third kappa shape index (κ3) is 3.85. The summed E-state index contributed by atoms with van der Waals surface area (Å²) in [4.78, 5) is 52.6. The van der Waals surface area contributed by atoms with Gasteiger partial charge in [0.1, 0.15) is 6.04 Å². The Bertz CT molecular complexity index is 969. The smallest absolute Gasteiger partial charge is 0.330 e. The van der Waals surface area contributed by atoms with E-state index in [0.717, 1.165) is 24.2 Å². The first-order valence-electron chi connectivity index (χ1n) is 10.9. The summed E-state index contributed by atoms with van der Waals surface area (Å²) in [6.07, 6.45) is 2.86. The Kier molecular flexibility index (Phi) is 6.38. The van der Waals surface area contributed by atoms with E-state index in [9.17, 15) is 19.2 Å². The monoisotopic (exact) mass is 524 g/mol. The molecular formula is C23H26BrClN2O5. The molecule has 2 aliphatic carbocycles. The van der Waals surface area contributed by atoms with E-state index in [0.29, 0.717) is 20.7 Å². The van der Waals surface area contributed by atoms with E-state index in [1.165, 1.54) is 0 Å². The van der Waals surface area contributed by atoms with Crippen molar-refractivity contribution in [1.82, 2.24) is 4.90 Å². The minimum Gasteiger partial charge on any atom is -0.454 e. The lowest BCUT2D eigenvalue weighted by Crippen LogP contribution is -2.50. The van der Waals surface area contributed by atoms with Crippen molar-refractivity contribution >= 4 is 56.9 Å². The fourth-order valence-corrected chi connectivity index (χ4v) is 6.17. The predicted molar refractivity (Wildman–Crippen MR) is 122 cm³/mol. The van der Waals surface area contributed by atoms with Gasteiger partial charge in [-0.25, -0.2) is 4.79 Å². The molecule has 9 heteroatoms. The highest BCUT2D eigenvalue weighted by atomic mass is 79.9. The molecule has 1 aliphatic heterocycles. The van der Waals surface area contributed by atoms with Crippen LogP contribution in [0.4, 0.5) is 5.69 Å². The molecule has 1 aromatic carbocycles. The quantitative estimate of drug-likeness (QED) is 0.448. The molecule has 0 aromatic heterocycles. The SMILES string of the molecule is Cc1c(NC(=O)COC(=O)[C@H](C(C)C)N2C(=O)[C@H]3[C@H]4CC[C@@H](C4)[C@@H]3C2=O)ccc(Br)c1Cl. The number of nitrogens with zero attached hydrogens (tertiary/aromatic N) is 1. The third-order valence-corrected chi connectivity index (χ3v) is 8.45. The number of nitrogens with one attached hydrogen (secondary N) is 1. The van der Waals surface area contributed by atoms with E-state index >= 15 is 0 Å². The summed E-state index contributed by atoms with van der Waals surface area (Å²) in [6.45, 7) is 4.77. The number of likely N-dealkylation sites (tertiary alicyclic amines) is 1. The van der Waals surface area contributed by atoms with Crippen LogP contribution in [0.1, 0.15) is 38.7 Å². The molecule has 2 saturated carbocycles. The third-order valence-electron chi connectivity index (χ3n) is 7.07. The van der Waals surface area contributed by atoms with Gasteiger partial charge in [-0.15, -0.1) is 0 Å². The van der Waals surface area contributed by atoms with Crippen molar-refractivity contribution in [3.05, 3.63) is 27.2 Å². The topological polar surface area (TPSA) is 92.8 Å². The number of amides is 3. The molecule has 4 rings (SSSR count). The first kappa shape index (κ1) is 23.2. The lowest BCUT2D eigenvalue weighted by molar-refractivity contribution is -0.162. The van der Waals surface area contributed by atoms with Gasteiger partial charge in [0, 0.05) is 10.2 Å². The van der Waals surface area contributed by atoms with Crippen molar-refractivity contribution in [2.45, 2.75) is 46.1 Å². The number of imide groups is 1. The number of carbonyl (C=O) groups is 4. The zero-order valence-electron chi connectivity index (χ0n) is 18.2. The molecule has 0 unspecified atom stereocenters. The zero-order valence-corrected chi connectivity index (χ0v) is 20.5. The summed E-state index contributed by atoms with van der Waals surface area (Å²) in [5.74, 6) is -2.25. The van der Waals surface area contributed by atoms with Gasteiger partial charge in [-0.3, -0.25) is 19.3 Å². The number of hydrogen-bond acceptors (Lipinski definition) is 5. The van der Waals surface area contributed by atoms with Crippen molar-refractivity contribution in [3.63, 3.8) is 0 Å². The molecule has 2 bridgehead atoms. The average molecular weight is 526 g/mol. The molecule has 0 spiro atoms. The van der Waals surface area contributed by atoms with Crippen molar-refractivity contribution in [1.29, 1.82) is 0 Å². The van der Waals surface area contributed by atoms with Crippen LogP contribution in [0.15, 0.2) is 16.6 Å². The molecule has 1 N–H and O–H groups in total. The molecule has 1 heterocycles. The number of ether oxygens (including phenoxy) is 1. The number of rotatable bonds is 6. The molecule has 1 saturated heterocycles. The number of fused-ring (bicyclic) bond motifs is 5. The Morgan fingerprint density at radius 3 is 2.34 bits per heavy atom. The summed E-state index contributed by atoms with van der Waals surface area (Å²) in [7, 11) is 0. The van der Waals surface area contributed by atoms with E-state index < -0.39 is 24.5 Å². The van der Waals surface area contributed by atoms with Crippen LogP contribution in [0.3, 0.4) is 0 Å². The normalized spacial score (nSPS) is 27.1. The van der Waals surface area contributed by atoms with E-state index in [1.54, 1.807) is 32.9 Å². The van der Waals surface area contributed by atoms with Crippen LogP contribution in [0.5, 0.6) is 0 Å². The number of anilines is 1. The van der Waals surface area contributed by atoms with Gasteiger partial charge in [0.25, 0.3) is 5.91 Å². The van der Waals surface area contributed by atoms with Crippen LogP contribution in [0.2, 0.25) is 5.02 Å². The maximum absolute atomic E-state index is 13.1. The van der Waals surface area contributed by atoms with E-state index in [-0.39, 0.29) is 41.4 Å². The van der Waals surface area contributed by atoms with Gasteiger partial charge in [-0.2, -0.15) is 0 Å². The molecule has 3 aliphatic rings. The number of esters is 1. The Morgan fingerprint density at radius 1 is 1.19 bits per heavy atom. The van der Waals surface area contributed by atoms with Gasteiger partial charge in [0.2, 0.25) is 11.8 Å². The minimum atomic E-state index is -1.03. The number of benzene rings is 1. The molecular weight excluding hydrogens is 500 g/mol. The van der Waals surface area contributed by atoms with Crippen molar-refractivity contribution in [3.8, 4) is 0 Å². The summed E-state index contributed by atoms with van der Waals surface area (Å²) in [6, 6.07) is 2.37. The molecule has 3 amide bonds. The van der Waals surface area contributed by atoms with Crippen molar-refractivity contribution in [2.75, 3.05) is 11.9 Å². The van der Waals surface area contributed by atoms with Crippen molar-refractivity contribution < 1.29 is 23.9 Å². The Hall–Kier alpha value is -1.93. The van der Waals surface area contributed by atoms with Crippen LogP contribution >= 0.6 is 27.5 Å². The minimum absolute atomic E-state index is 0.238. The molecule has 5 atom stereocenters. The lowest BCUT2D eigenvalue weighted by atomic mass is 9.81. The molecule has 3 fully saturated rings. The van der Waals surface area contributed by atoms with Crippen LogP contribution in [-0.4, -0.2) is 41.2 Å². The lowest BCUT2D eigenvalue weighted by Gasteiger charge is -2.28. The highest BCUT2D eigenvalue weighted by Crippen LogP contribution is 2.56. The number of halogens is 2. The summed E-state index contributed by atoms with van der Waals surface area (Å²) < 4.78 is 5.96. The molecule has 32 heavy (non-hydrogen) atoms. The molecule has 7 nitrogen and oxygen atoms in total. The summed E-state index contributed by atoms with van der Waals surface area (Å²) in [5, 5.41) is 3.15. The fourth-order valence-electron chi connectivity index (χ4n) is 5.58. The van der Waals surface area contributed by atoms with Crippen LogP contribution < -0.4 is 5.32 Å². The predicted octanol–water partition coefficient (Wildman–Crippen LogP) is 3.95. The van der Waals surface area contributed by atoms with Crippen LogP contribution in [0.25, 0.3) is 0 Å². The van der Waals surface area contributed by atoms with Crippen molar-refractivity contribution in [2.24, 2.45) is 29.6 Å². The van der Waals surface area contributed by atoms with Crippen LogP contribution in [0, 0.1) is 36.5 Å². The number of hydrogen-bond donors (Lipinski definition) is 1. The van der Waals surface area contributed by atoms with Gasteiger partial charge in [-0.05, 0) is 77.6 Å². The highest BCUT2D eigenvalue weighted by Gasteiger charge is 2.62. The van der Waals surface area contributed by atoms with Gasteiger partial charge in [0.15, 0.2) is 6.61 Å². The molecule has 1 aromatic rings. The van der Waals surface area contributed by atoms with E-state index in [4.69, 9.17) is 16.3 Å². The van der Waals surface area contributed by atoms with Gasteiger partial charge < -0.3 is 10.1 Å². The Balaban J connectivity index is 1.42. The zero-order chi connectivity index (χ0) is 23.3. The second-order valence-corrected chi connectivity index (χ2v) is 10.5. The second kappa shape index (κ2) is 8.78. The first-order chi connectivity index (χ1) is 15.1. The maximum atomic E-state index is 13.1. The first-order valence-corrected chi connectivity index (χ1v) is 12.1. The van der Waals surface area contributed by atoms with Gasteiger partial charge in [0.05, 0.1) is 16.9 Å². The van der Waals surface area contributed by atoms with Gasteiger partial charge >= 0.3 is 5.97 Å².